The fourth-order valence-electron chi connectivity index (χ4n) is 2.07. The van der Waals surface area contributed by atoms with Crippen molar-refractivity contribution in [3.63, 3.8) is 0 Å². The van der Waals surface area contributed by atoms with E-state index in [-0.39, 0.29) is 11.9 Å². The van der Waals surface area contributed by atoms with Gasteiger partial charge < -0.3 is 10.6 Å². The number of hydrogen-bond acceptors (Lipinski definition) is 5. The zero-order valence-electron chi connectivity index (χ0n) is 10.2. The Morgan fingerprint density at radius 3 is 3.18 bits per heavy atom. The third-order valence-electron chi connectivity index (χ3n) is 3.20. The first-order chi connectivity index (χ1) is 8.22. The highest BCUT2D eigenvalue weighted by atomic mass is 32.1. The molecule has 2 atom stereocenters. The van der Waals surface area contributed by atoms with Gasteiger partial charge in [0.05, 0.1) is 5.69 Å². The summed E-state index contributed by atoms with van der Waals surface area (Å²) in [6, 6.07) is 0.260. The Labute approximate surface area is 105 Å². The van der Waals surface area contributed by atoms with Crippen LogP contribution in [0.25, 0.3) is 0 Å². The van der Waals surface area contributed by atoms with Gasteiger partial charge in [-0.3, -0.25) is 4.79 Å². The van der Waals surface area contributed by atoms with Crippen LogP contribution in [0.4, 0.5) is 0 Å². The SMILES string of the molecule is CCc1nnsc1C(=O)NC1CCNCC1C. The normalized spacial score (nSPS) is 24.6. The lowest BCUT2D eigenvalue weighted by atomic mass is 9.95. The summed E-state index contributed by atoms with van der Waals surface area (Å²) >= 11 is 1.18. The molecule has 1 aromatic rings. The van der Waals surface area contributed by atoms with Crippen molar-refractivity contribution in [2.75, 3.05) is 13.1 Å². The van der Waals surface area contributed by atoms with Crippen LogP contribution in [0.1, 0.15) is 35.6 Å². The first-order valence-electron chi connectivity index (χ1n) is 6.05. The Bertz CT molecular complexity index is 393. The van der Waals surface area contributed by atoms with Crippen molar-refractivity contribution < 1.29 is 4.79 Å². The van der Waals surface area contributed by atoms with E-state index >= 15 is 0 Å². The van der Waals surface area contributed by atoms with Gasteiger partial charge in [0, 0.05) is 6.04 Å². The molecule has 0 bridgehead atoms. The van der Waals surface area contributed by atoms with E-state index in [0.717, 1.165) is 31.6 Å². The van der Waals surface area contributed by atoms with Gasteiger partial charge in [0.1, 0.15) is 4.88 Å². The molecule has 0 radical (unpaired) electrons. The van der Waals surface area contributed by atoms with Gasteiger partial charge in [-0.15, -0.1) is 5.10 Å². The number of rotatable bonds is 3. The van der Waals surface area contributed by atoms with Gasteiger partial charge in [-0.05, 0) is 43.4 Å². The predicted molar refractivity (Wildman–Crippen MR) is 67.2 cm³/mol. The number of aromatic nitrogens is 2. The fourth-order valence-corrected chi connectivity index (χ4v) is 2.73. The topological polar surface area (TPSA) is 66.9 Å². The number of carbonyl (C=O) groups is 1. The highest BCUT2D eigenvalue weighted by Gasteiger charge is 2.24. The van der Waals surface area contributed by atoms with Crippen LogP contribution in [0.5, 0.6) is 0 Å². The number of amides is 1. The first kappa shape index (κ1) is 12.4. The molecule has 0 aliphatic carbocycles. The van der Waals surface area contributed by atoms with E-state index in [2.05, 4.69) is 27.1 Å². The lowest BCUT2D eigenvalue weighted by molar-refractivity contribution is 0.0917. The molecule has 0 saturated carbocycles. The molecular weight excluding hydrogens is 236 g/mol. The molecule has 1 saturated heterocycles. The highest BCUT2D eigenvalue weighted by molar-refractivity contribution is 7.08. The summed E-state index contributed by atoms with van der Waals surface area (Å²) in [4.78, 5) is 12.8. The van der Waals surface area contributed by atoms with E-state index in [1.165, 1.54) is 11.5 Å². The second-order valence-electron chi connectivity index (χ2n) is 4.45. The summed E-state index contributed by atoms with van der Waals surface area (Å²) in [6.07, 6.45) is 1.74. The van der Waals surface area contributed by atoms with Crippen molar-refractivity contribution in [2.45, 2.75) is 32.7 Å². The van der Waals surface area contributed by atoms with Gasteiger partial charge in [-0.25, -0.2) is 0 Å². The molecule has 1 aromatic heterocycles. The minimum Gasteiger partial charge on any atom is -0.348 e. The minimum absolute atomic E-state index is 0.0180. The van der Waals surface area contributed by atoms with Crippen LogP contribution in [0.15, 0.2) is 0 Å². The molecule has 1 fully saturated rings. The third kappa shape index (κ3) is 2.81. The number of piperidine rings is 1. The summed E-state index contributed by atoms with van der Waals surface area (Å²) in [5, 5.41) is 10.4. The highest BCUT2D eigenvalue weighted by Crippen LogP contribution is 2.15. The molecule has 0 spiro atoms. The zero-order chi connectivity index (χ0) is 12.3. The van der Waals surface area contributed by atoms with E-state index in [4.69, 9.17) is 0 Å². The second kappa shape index (κ2) is 5.55. The predicted octanol–water partition coefficient (Wildman–Crippen LogP) is 0.828. The average Bonchev–Trinajstić information content (AvgIpc) is 2.80. The molecule has 94 valence electrons. The lowest BCUT2D eigenvalue weighted by Gasteiger charge is -2.30. The van der Waals surface area contributed by atoms with Crippen LogP contribution in [0.2, 0.25) is 0 Å². The molecule has 6 heteroatoms. The number of hydrogen-bond donors (Lipinski definition) is 2. The maximum absolute atomic E-state index is 12.1. The molecule has 17 heavy (non-hydrogen) atoms. The van der Waals surface area contributed by atoms with Gasteiger partial charge in [0.15, 0.2) is 0 Å². The van der Waals surface area contributed by atoms with E-state index in [9.17, 15) is 4.79 Å². The van der Waals surface area contributed by atoms with Crippen molar-refractivity contribution >= 4 is 17.4 Å². The van der Waals surface area contributed by atoms with Gasteiger partial charge in [-0.2, -0.15) is 0 Å². The number of aryl methyl sites for hydroxylation is 1. The smallest absolute Gasteiger partial charge is 0.265 e. The van der Waals surface area contributed by atoms with Crippen LogP contribution >= 0.6 is 11.5 Å². The first-order valence-corrected chi connectivity index (χ1v) is 6.82. The average molecular weight is 254 g/mol. The molecule has 2 rings (SSSR count). The van der Waals surface area contributed by atoms with E-state index in [1.807, 2.05) is 6.92 Å². The van der Waals surface area contributed by atoms with Crippen LogP contribution in [-0.4, -0.2) is 34.6 Å². The summed E-state index contributed by atoms with van der Waals surface area (Å²) in [6.45, 7) is 6.08. The Kier molecular flexibility index (Phi) is 4.06. The minimum atomic E-state index is -0.0180. The largest absolute Gasteiger partial charge is 0.348 e. The van der Waals surface area contributed by atoms with Gasteiger partial charge in [-0.1, -0.05) is 18.3 Å². The van der Waals surface area contributed by atoms with Crippen molar-refractivity contribution in [1.82, 2.24) is 20.2 Å². The van der Waals surface area contributed by atoms with Crippen molar-refractivity contribution in [1.29, 1.82) is 0 Å². The van der Waals surface area contributed by atoms with E-state index < -0.39 is 0 Å². The van der Waals surface area contributed by atoms with Crippen LogP contribution < -0.4 is 10.6 Å². The summed E-state index contributed by atoms with van der Waals surface area (Å²) in [5.74, 6) is 0.453. The quantitative estimate of drug-likeness (QED) is 0.838. The van der Waals surface area contributed by atoms with Crippen LogP contribution in [-0.2, 0) is 6.42 Å². The monoisotopic (exact) mass is 254 g/mol. The van der Waals surface area contributed by atoms with Crippen LogP contribution in [0, 0.1) is 5.92 Å². The molecular formula is C11H18N4OS. The van der Waals surface area contributed by atoms with Crippen molar-refractivity contribution in [2.24, 2.45) is 5.92 Å². The van der Waals surface area contributed by atoms with Gasteiger partial charge in [0.2, 0.25) is 0 Å². The maximum atomic E-state index is 12.1. The Hall–Kier alpha value is -1.01. The number of nitrogens with one attached hydrogen (secondary N) is 2. The molecule has 5 nitrogen and oxygen atoms in total. The molecule has 1 aliphatic heterocycles. The van der Waals surface area contributed by atoms with E-state index in [1.54, 1.807) is 0 Å². The molecule has 1 amide bonds. The lowest BCUT2D eigenvalue weighted by Crippen LogP contribution is -2.48. The third-order valence-corrected chi connectivity index (χ3v) is 3.97. The molecule has 0 aromatic carbocycles. The summed E-state index contributed by atoms with van der Waals surface area (Å²) in [5.41, 5.74) is 0.800. The molecule has 2 unspecified atom stereocenters. The maximum Gasteiger partial charge on any atom is 0.265 e. The standard InChI is InChI=1S/C11H18N4OS/c1-3-8-10(17-15-14-8)11(16)13-9-4-5-12-6-7(9)2/h7,9,12H,3-6H2,1-2H3,(H,13,16). The van der Waals surface area contributed by atoms with Crippen LogP contribution in [0.3, 0.4) is 0 Å². The van der Waals surface area contributed by atoms with Gasteiger partial charge in [0.25, 0.3) is 5.91 Å². The van der Waals surface area contributed by atoms with Gasteiger partial charge >= 0.3 is 0 Å². The number of carbonyl (C=O) groups excluding carboxylic acids is 1. The Balaban J connectivity index is 2.01. The fraction of sp³-hybridized carbons (Fsp3) is 0.727. The van der Waals surface area contributed by atoms with Crippen molar-refractivity contribution in [3.05, 3.63) is 10.6 Å². The zero-order valence-corrected chi connectivity index (χ0v) is 11.0. The molecule has 2 N–H and O–H groups in total. The molecule has 2 heterocycles. The summed E-state index contributed by atoms with van der Waals surface area (Å²) in [7, 11) is 0. The Morgan fingerprint density at radius 1 is 1.65 bits per heavy atom. The molecule has 1 aliphatic rings. The van der Waals surface area contributed by atoms with E-state index in [0.29, 0.717) is 10.8 Å². The van der Waals surface area contributed by atoms with Crippen molar-refractivity contribution in [3.8, 4) is 0 Å². The second-order valence-corrected chi connectivity index (χ2v) is 5.21. The Morgan fingerprint density at radius 2 is 2.47 bits per heavy atom. The number of nitrogens with zero attached hydrogens (tertiary/aromatic N) is 2. The summed E-state index contributed by atoms with van der Waals surface area (Å²) < 4.78 is 3.84.